The number of amides is 1. The second-order valence-corrected chi connectivity index (χ2v) is 4.89. The van der Waals surface area contributed by atoms with Crippen LogP contribution < -0.4 is 5.32 Å². The van der Waals surface area contributed by atoms with Crippen LogP contribution in [0.1, 0.15) is 27.9 Å². The third kappa shape index (κ3) is 3.88. The smallest absolute Gasteiger partial charge is 0.257 e. The van der Waals surface area contributed by atoms with Crippen molar-refractivity contribution in [3.05, 3.63) is 40.4 Å². The van der Waals surface area contributed by atoms with Crippen molar-refractivity contribution >= 4 is 22.4 Å². The van der Waals surface area contributed by atoms with Gasteiger partial charge < -0.3 is 5.11 Å². The highest BCUT2D eigenvalue weighted by Crippen LogP contribution is 2.13. The van der Waals surface area contributed by atoms with Crippen molar-refractivity contribution in [1.29, 1.82) is 0 Å². The molecule has 1 aromatic heterocycles. The van der Waals surface area contributed by atoms with Gasteiger partial charge in [0.1, 0.15) is 5.51 Å². The summed E-state index contributed by atoms with van der Waals surface area (Å²) in [6, 6.07) is 5.40. The molecule has 1 amide bonds. The van der Waals surface area contributed by atoms with Crippen molar-refractivity contribution < 1.29 is 9.90 Å². The first-order chi connectivity index (χ1) is 9.69. The van der Waals surface area contributed by atoms with Gasteiger partial charge in [0.05, 0.1) is 6.61 Å². The number of aliphatic hydroxyl groups excluding tert-OH is 1. The summed E-state index contributed by atoms with van der Waals surface area (Å²) in [6.07, 6.45) is 0.417. The van der Waals surface area contributed by atoms with Gasteiger partial charge in [-0.05, 0) is 30.7 Å². The first kappa shape index (κ1) is 14.2. The Labute approximate surface area is 120 Å². The maximum atomic E-state index is 12.1. The summed E-state index contributed by atoms with van der Waals surface area (Å²) in [5.74, 6) is 5.52. The maximum Gasteiger partial charge on any atom is 0.257 e. The molecule has 0 aliphatic rings. The average Bonchev–Trinajstić information content (AvgIpc) is 2.91. The molecular formula is C14H13N3O2S. The first-order valence-corrected chi connectivity index (χ1v) is 6.86. The number of anilines is 1. The number of carbonyl (C=O) groups excluding carboxylic acids is 1. The molecular weight excluding hydrogens is 274 g/mol. The molecule has 0 spiro atoms. The van der Waals surface area contributed by atoms with E-state index in [9.17, 15) is 4.79 Å². The molecule has 5 nitrogen and oxygen atoms in total. The Balaban J connectivity index is 2.19. The molecule has 0 bridgehead atoms. The van der Waals surface area contributed by atoms with Gasteiger partial charge >= 0.3 is 0 Å². The molecule has 1 aromatic carbocycles. The summed E-state index contributed by atoms with van der Waals surface area (Å²) in [5, 5.41) is 19.3. The fourth-order valence-electron chi connectivity index (χ4n) is 1.60. The monoisotopic (exact) mass is 287 g/mol. The van der Waals surface area contributed by atoms with Crippen molar-refractivity contribution in [2.75, 3.05) is 11.9 Å². The van der Waals surface area contributed by atoms with Crippen molar-refractivity contribution in [3.63, 3.8) is 0 Å². The molecule has 0 fully saturated rings. The standard InChI is InChI=1S/C14H13N3O2S/c1-10-6-11(4-2-3-5-18)8-12(7-10)13(19)16-14-17-15-9-20-14/h6-9,18H,3,5H2,1H3,(H,16,17,19). The molecule has 0 aliphatic carbocycles. The quantitative estimate of drug-likeness (QED) is 0.845. The van der Waals surface area contributed by atoms with Crippen molar-refractivity contribution in [1.82, 2.24) is 10.2 Å². The second kappa shape index (κ2) is 6.80. The van der Waals surface area contributed by atoms with E-state index in [-0.39, 0.29) is 12.5 Å². The van der Waals surface area contributed by atoms with Gasteiger partial charge in [-0.25, -0.2) is 0 Å². The number of aromatic nitrogens is 2. The Hall–Kier alpha value is -2.23. The Kier molecular flexibility index (Phi) is 4.82. The van der Waals surface area contributed by atoms with Gasteiger partial charge in [0.25, 0.3) is 5.91 Å². The number of rotatable bonds is 3. The summed E-state index contributed by atoms with van der Waals surface area (Å²) in [7, 11) is 0. The molecule has 20 heavy (non-hydrogen) atoms. The fraction of sp³-hybridized carbons (Fsp3) is 0.214. The van der Waals surface area contributed by atoms with Gasteiger partial charge in [0.2, 0.25) is 5.13 Å². The lowest BCUT2D eigenvalue weighted by Crippen LogP contribution is -2.12. The Morgan fingerprint density at radius 1 is 1.45 bits per heavy atom. The van der Waals surface area contributed by atoms with Gasteiger partial charge in [-0.2, -0.15) is 0 Å². The van der Waals surface area contributed by atoms with Crippen LogP contribution in [0.4, 0.5) is 5.13 Å². The zero-order valence-electron chi connectivity index (χ0n) is 10.9. The van der Waals surface area contributed by atoms with E-state index in [0.717, 1.165) is 11.1 Å². The van der Waals surface area contributed by atoms with E-state index in [1.807, 2.05) is 13.0 Å². The molecule has 1 heterocycles. The highest BCUT2D eigenvalue weighted by atomic mass is 32.1. The summed E-state index contributed by atoms with van der Waals surface area (Å²) >= 11 is 1.26. The lowest BCUT2D eigenvalue weighted by atomic mass is 10.1. The number of hydrogen-bond acceptors (Lipinski definition) is 5. The van der Waals surface area contributed by atoms with Crippen molar-refractivity contribution in [2.45, 2.75) is 13.3 Å². The van der Waals surface area contributed by atoms with Crippen LogP contribution in [0.2, 0.25) is 0 Å². The number of aryl methyl sites for hydroxylation is 1. The van der Waals surface area contributed by atoms with E-state index in [4.69, 9.17) is 5.11 Å². The van der Waals surface area contributed by atoms with Crippen LogP contribution in [0.15, 0.2) is 23.7 Å². The molecule has 0 saturated heterocycles. The lowest BCUT2D eigenvalue weighted by molar-refractivity contribution is 0.102. The number of hydrogen-bond donors (Lipinski definition) is 2. The van der Waals surface area contributed by atoms with Crippen LogP contribution >= 0.6 is 11.3 Å². The Bertz CT molecular complexity index is 657. The number of carbonyl (C=O) groups is 1. The summed E-state index contributed by atoms with van der Waals surface area (Å²) in [6.45, 7) is 1.93. The minimum Gasteiger partial charge on any atom is -0.395 e. The molecule has 0 radical (unpaired) electrons. The van der Waals surface area contributed by atoms with Gasteiger partial charge in [-0.3, -0.25) is 10.1 Å². The molecule has 102 valence electrons. The third-order valence-corrected chi connectivity index (χ3v) is 3.00. The third-order valence-electron chi connectivity index (χ3n) is 2.39. The first-order valence-electron chi connectivity index (χ1n) is 5.98. The van der Waals surface area contributed by atoms with E-state index >= 15 is 0 Å². The molecule has 0 saturated carbocycles. The highest BCUT2D eigenvalue weighted by Gasteiger charge is 2.09. The summed E-state index contributed by atoms with van der Waals surface area (Å²) in [4.78, 5) is 12.1. The lowest BCUT2D eigenvalue weighted by Gasteiger charge is -2.03. The molecule has 0 aliphatic heterocycles. The van der Waals surface area contributed by atoms with Crippen LogP contribution in [0.5, 0.6) is 0 Å². The van der Waals surface area contributed by atoms with Gasteiger partial charge in [0, 0.05) is 17.5 Å². The topological polar surface area (TPSA) is 75.1 Å². The van der Waals surface area contributed by atoms with Crippen LogP contribution in [-0.2, 0) is 0 Å². The van der Waals surface area contributed by atoms with Crippen molar-refractivity contribution in [2.24, 2.45) is 0 Å². The van der Waals surface area contributed by atoms with E-state index < -0.39 is 0 Å². The minimum absolute atomic E-state index is 0.0310. The Morgan fingerprint density at radius 2 is 2.30 bits per heavy atom. The fourth-order valence-corrected chi connectivity index (χ4v) is 2.04. The zero-order chi connectivity index (χ0) is 14.4. The largest absolute Gasteiger partial charge is 0.395 e. The van der Waals surface area contributed by atoms with E-state index in [1.165, 1.54) is 11.3 Å². The van der Waals surface area contributed by atoms with Crippen LogP contribution in [0, 0.1) is 18.8 Å². The van der Waals surface area contributed by atoms with Crippen molar-refractivity contribution in [3.8, 4) is 11.8 Å². The van der Waals surface area contributed by atoms with Crippen LogP contribution in [-0.4, -0.2) is 27.8 Å². The van der Waals surface area contributed by atoms with Gasteiger partial charge in [0.15, 0.2) is 0 Å². The predicted octanol–water partition coefficient (Wildman–Crippen LogP) is 1.83. The van der Waals surface area contributed by atoms with E-state index in [2.05, 4.69) is 27.4 Å². The normalized spacial score (nSPS) is 9.70. The van der Waals surface area contributed by atoms with Crippen LogP contribution in [0.25, 0.3) is 0 Å². The molecule has 0 unspecified atom stereocenters. The van der Waals surface area contributed by atoms with E-state index in [0.29, 0.717) is 17.1 Å². The zero-order valence-corrected chi connectivity index (χ0v) is 11.7. The molecule has 2 N–H and O–H groups in total. The number of benzene rings is 1. The summed E-state index contributed by atoms with van der Waals surface area (Å²) < 4.78 is 0. The number of nitrogens with zero attached hydrogens (tertiary/aromatic N) is 2. The number of nitrogens with one attached hydrogen (secondary N) is 1. The molecule has 0 atom stereocenters. The Morgan fingerprint density at radius 3 is 3.00 bits per heavy atom. The minimum atomic E-state index is -0.240. The molecule has 2 aromatic rings. The molecule has 2 rings (SSSR count). The van der Waals surface area contributed by atoms with E-state index in [1.54, 1.807) is 17.6 Å². The van der Waals surface area contributed by atoms with Gasteiger partial charge in [-0.1, -0.05) is 23.2 Å². The highest BCUT2D eigenvalue weighted by molar-refractivity contribution is 7.13. The van der Waals surface area contributed by atoms with Gasteiger partial charge in [-0.15, -0.1) is 10.2 Å². The second-order valence-electron chi connectivity index (χ2n) is 4.06. The predicted molar refractivity (Wildman–Crippen MR) is 77.6 cm³/mol. The summed E-state index contributed by atoms with van der Waals surface area (Å²) in [5.41, 5.74) is 3.77. The number of aliphatic hydroxyl groups is 1. The molecule has 6 heteroatoms. The maximum absolute atomic E-state index is 12.1. The average molecular weight is 287 g/mol. The van der Waals surface area contributed by atoms with Crippen LogP contribution in [0.3, 0.4) is 0 Å². The SMILES string of the molecule is Cc1cc(C#CCCO)cc(C(=O)Nc2nncs2)c1.